The molecule has 0 bridgehead atoms. The lowest BCUT2D eigenvalue weighted by Gasteiger charge is -2.37. The van der Waals surface area contributed by atoms with E-state index in [2.05, 4.69) is 88.3 Å². The number of benzene rings is 4. The molecule has 0 atom stereocenters. The van der Waals surface area contributed by atoms with Crippen molar-refractivity contribution in [2.45, 2.75) is 24.9 Å². The van der Waals surface area contributed by atoms with Crippen LogP contribution in [-0.2, 0) is 28.5 Å². The van der Waals surface area contributed by atoms with Gasteiger partial charge in [0.1, 0.15) is 5.54 Å². The molecule has 7 heteroatoms. The van der Waals surface area contributed by atoms with Gasteiger partial charge in [-0.1, -0.05) is 121 Å². The normalized spacial score (nSPS) is 12.1. The lowest BCUT2D eigenvalue weighted by Crippen LogP contribution is -2.36. The minimum absolute atomic E-state index is 0.203. The molecule has 0 aliphatic rings. The molecule has 0 amide bonds. The highest BCUT2D eigenvalue weighted by atomic mass is 35.5. The quantitative estimate of drug-likeness (QED) is 0.176. The molecule has 202 valence electrons. The second-order valence-electron chi connectivity index (χ2n) is 9.48. The Labute approximate surface area is 240 Å². The first-order valence-electron chi connectivity index (χ1n) is 13.1. The molecule has 0 saturated heterocycles. The maximum Gasteiger partial charge on any atom is 0.233 e. The van der Waals surface area contributed by atoms with Gasteiger partial charge in [-0.05, 0) is 47.2 Å². The fourth-order valence-corrected chi connectivity index (χ4v) is 5.90. The van der Waals surface area contributed by atoms with Gasteiger partial charge in [-0.3, -0.25) is 0 Å². The van der Waals surface area contributed by atoms with Crippen molar-refractivity contribution in [2.24, 2.45) is 0 Å². The van der Waals surface area contributed by atoms with Gasteiger partial charge in [-0.15, -0.1) is 0 Å². The van der Waals surface area contributed by atoms with E-state index in [9.17, 15) is 8.42 Å². The second-order valence-corrected chi connectivity index (χ2v) is 11.6. The summed E-state index contributed by atoms with van der Waals surface area (Å²) in [5.74, 6) is 0. The maximum atomic E-state index is 12.4. The number of aryl methyl sites for hydroxylation is 1. The number of rotatable bonds is 11. The number of halogens is 1. The Morgan fingerprint density at radius 1 is 0.775 bits per heavy atom. The van der Waals surface area contributed by atoms with Gasteiger partial charge in [0, 0.05) is 23.2 Å². The van der Waals surface area contributed by atoms with E-state index in [1.54, 1.807) is 30.3 Å². The third-order valence-electron chi connectivity index (χ3n) is 6.83. The van der Waals surface area contributed by atoms with Crippen molar-refractivity contribution >= 4 is 21.6 Å². The zero-order valence-electron chi connectivity index (χ0n) is 21.9. The summed E-state index contributed by atoms with van der Waals surface area (Å²) in [7, 11) is -3.56. The summed E-state index contributed by atoms with van der Waals surface area (Å²) < 4.78 is 29.6. The highest BCUT2D eigenvalue weighted by molar-refractivity contribution is 7.92. The summed E-state index contributed by atoms with van der Waals surface area (Å²) in [6.07, 6.45) is 6.74. The first-order chi connectivity index (χ1) is 19.5. The van der Waals surface area contributed by atoms with Crippen LogP contribution in [0, 0.1) is 0 Å². The molecule has 0 saturated carbocycles. The predicted octanol–water partition coefficient (Wildman–Crippen LogP) is 6.94. The van der Waals surface area contributed by atoms with E-state index >= 15 is 0 Å². The standard InChI is InChI=1S/C33H30ClN3O2S/c34-31-21-19-27(20-22-31)24-36-40(38,39)23-11-10-18-32-25-37(26-35-32)33(28-12-4-1-5-13-28,29-14-6-2-7-15-29)30-16-8-3-9-17-30/h1-9,11-17,19-23,25-26,36H,10,18,24H2/b23-11+. The van der Waals surface area contributed by atoms with Crippen molar-refractivity contribution in [3.05, 3.63) is 172 Å². The number of allylic oxidation sites excluding steroid dienone is 1. The van der Waals surface area contributed by atoms with Crippen LogP contribution in [0.2, 0.25) is 5.02 Å². The van der Waals surface area contributed by atoms with Gasteiger partial charge >= 0.3 is 0 Å². The molecule has 0 spiro atoms. The number of imidazole rings is 1. The average Bonchev–Trinajstić information content (AvgIpc) is 3.46. The molecule has 0 radical (unpaired) electrons. The smallest absolute Gasteiger partial charge is 0.233 e. The number of aromatic nitrogens is 2. The van der Waals surface area contributed by atoms with Gasteiger partial charge in [-0.2, -0.15) is 0 Å². The van der Waals surface area contributed by atoms with Crippen LogP contribution < -0.4 is 4.72 Å². The lowest BCUT2D eigenvalue weighted by molar-refractivity contribution is 0.514. The highest BCUT2D eigenvalue weighted by Crippen LogP contribution is 2.40. The molecular weight excluding hydrogens is 538 g/mol. The van der Waals surface area contributed by atoms with Crippen molar-refractivity contribution in [3.8, 4) is 0 Å². The van der Waals surface area contributed by atoms with Crippen LogP contribution in [0.3, 0.4) is 0 Å². The predicted molar refractivity (Wildman–Crippen MR) is 162 cm³/mol. The highest BCUT2D eigenvalue weighted by Gasteiger charge is 2.38. The lowest BCUT2D eigenvalue weighted by atomic mass is 9.77. The molecule has 4 aromatic carbocycles. The van der Waals surface area contributed by atoms with Crippen molar-refractivity contribution < 1.29 is 8.42 Å². The molecule has 5 aromatic rings. The summed E-state index contributed by atoms with van der Waals surface area (Å²) in [5.41, 5.74) is 4.45. The van der Waals surface area contributed by atoms with Gasteiger partial charge in [0.25, 0.3) is 0 Å². The van der Waals surface area contributed by atoms with Crippen molar-refractivity contribution in [3.63, 3.8) is 0 Å². The number of nitrogens with zero attached hydrogens (tertiary/aromatic N) is 2. The number of sulfonamides is 1. The molecule has 40 heavy (non-hydrogen) atoms. The largest absolute Gasteiger partial charge is 0.319 e. The third-order valence-corrected chi connectivity index (χ3v) is 8.18. The summed E-state index contributed by atoms with van der Waals surface area (Å²) in [6.45, 7) is 0.203. The number of hydrogen-bond acceptors (Lipinski definition) is 3. The molecule has 1 heterocycles. The minimum atomic E-state index is -3.56. The zero-order chi connectivity index (χ0) is 27.8. The molecule has 5 nitrogen and oxygen atoms in total. The first-order valence-corrected chi connectivity index (χ1v) is 15.0. The van der Waals surface area contributed by atoms with Crippen molar-refractivity contribution in [1.82, 2.24) is 14.3 Å². The number of nitrogens with one attached hydrogen (secondary N) is 1. The molecule has 0 aliphatic carbocycles. The average molecular weight is 568 g/mol. The van der Waals surface area contributed by atoms with Gasteiger partial charge in [0.2, 0.25) is 10.0 Å². The second kappa shape index (κ2) is 12.5. The summed E-state index contributed by atoms with van der Waals surface area (Å²) in [5, 5.41) is 1.84. The molecule has 0 unspecified atom stereocenters. The van der Waals surface area contributed by atoms with Crippen LogP contribution in [0.1, 0.15) is 34.4 Å². The van der Waals surface area contributed by atoms with Crippen LogP contribution in [-0.4, -0.2) is 18.0 Å². The Morgan fingerprint density at radius 2 is 1.30 bits per heavy atom. The van der Waals surface area contributed by atoms with Gasteiger partial charge < -0.3 is 4.57 Å². The topological polar surface area (TPSA) is 64.0 Å². The van der Waals surface area contributed by atoms with E-state index in [-0.39, 0.29) is 6.54 Å². The number of hydrogen-bond donors (Lipinski definition) is 1. The van der Waals surface area contributed by atoms with Crippen LogP contribution in [0.5, 0.6) is 0 Å². The van der Waals surface area contributed by atoms with E-state index in [0.29, 0.717) is 17.9 Å². The van der Waals surface area contributed by atoms with Gasteiger partial charge in [-0.25, -0.2) is 18.1 Å². The Hall–Kier alpha value is -3.97. The van der Waals surface area contributed by atoms with E-state index in [1.165, 1.54) is 5.41 Å². The fraction of sp³-hybridized carbons (Fsp3) is 0.121. The van der Waals surface area contributed by atoms with Crippen LogP contribution in [0.25, 0.3) is 0 Å². The minimum Gasteiger partial charge on any atom is -0.319 e. The summed E-state index contributed by atoms with van der Waals surface area (Å²) in [4.78, 5) is 4.73. The summed E-state index contributed by atoms with van der Waals surface area (Å²) >= 11 is 5.90. The Kier molecular flexibility index (Phi) is 8.60. The Bertz CT molecular complexity index is 1550. The van der Waals surface area contributed by atoms with Crippen molar-refractivity contribution in [1.29, 1.82) is 0 Å². The van der Waals surface area contributed by atoms with Crippen LogP contribution in [0.4, 0.5) is 0 Å². The Morgan fingerprint density at radius 3 is 1.82 bits per heavy atom. The molecule has 5 rings (SSSR count). The van der Waals surface area contributed by atoms with Crippen molar-refractivity contribution in [2.75, 3.05) is 0 Å². The van der Waals surface area contributed by atoms with E-state index < -0.39 is 15.6 Å². The third kappa shape index (κ3) is 6.26. The first kappa shape index (κ1) is 27.6. The molecule has 1 N–H and O–H groups in total. The Balaban J connectivity index is 1.37. The van der Waals surface area contributed by atoms with E-state index in [0.717, 1.165) is 27.9 Å². The molecule has 0 aliphatic heterocycles. The van der Waals surface area contributed by atoms with Crippen LogP contribution in [0.15, 0.2) is 139 Å². The van der Waals surface area contributed by atoms with E-state index in [4.69, 9.17) is 16.6 Å². The fourth-order valence-electron chi connectivity index (χ4n) is 4.92. The summed E-state index contributed by atoms with van der Waals surface area (Å²) in [6, 6.07) is 38.3. The molecule has 0 fully saturated rings. The zero-order valence-corrected chi connectivity index (χ0v) is 23.5. The molecular formula is C33H30ClN3O2S. The van der Waals surface area contributed by atoms with Crippen LogP contribution >= 0.6 is 11.6 Å². The molecule has 1 aromatic heterocycles. The van der Waals surface area contributed by atoms with E-state index in [1.807, 2.05) is 24.5 Å². The monoisotopic (exact) mass is 567 g/mol. The maximum absolute atomic E-state index is 12.4. The van der Waals surface area contributed by atoms with Gasteiger partial charge in [0.05, 0.1) is 12.0 Å². The SMILES string of the molecule is O=S(=O)(/C=C/CCc1cn(C(c2ccccc2)(c2ccccc2)c2ccccc2)cn1)NCc1ccc(Cl)cc1. The van der Waals surface area contributed by atoms with Gasteiger partial charge in [0.15, 0.2) is 0 Å².